The second-order valence-electron chi connectivity index (χ2n) is 5.44. The van der Waals surface area contributed by atoms with Crippen molar-refractivity contribution in [2.24, 2.45) is 5.92 Å². The van der Waals surface area contributed by atoms with Crippen LogP contribution in [0.2, 0.25) is 0 Å². The summed E-state index contributed by atoms with van der Waals surface area (Å²) in [6.45, 7) is 5.20. The zero-order valence-corrected chi connectivity index (χ0v) is 12.0. The molecule has 0 spiro atoms. The van der Waals surface area contributed by atoms with Crippen molar-refractivity contribution in [3.63, 3.8) is 0 Å². The highest BCUT2D eigenvalue weighted by atomic mass is 16.5. The van der Waals surface area contributed by atoms with Gasteiger partial charge in [0.05, 0.1) is 6.61 Å². The molecule has 19 heavy (non-hydrogen) atoms. The van der Waals surface area contributed by atoms with Crippen LogP contribution in [-0.2, 0) is 11.2 Å². The summed E-state index contributed by atoms with van der Waals surface area (Å²) in [5, 5.41) is 3.71. The standard InChI is InChI=1S/C16H26N2O/c1-2-9-18-16(15-6-4-11-19-13-15)8-7-14-5-3-10-17-12-14/h3,5,10,12,15-16,18H,2,4,6-9,11,13H2,1H3. The van der Waals surface area contributed by atoms with Crippen molar-refractivity contribution in [3.8, 4) is 0 Å². The van der Waals surface area contributed by atoms with Crippen LogP contribution in [0, 0.1) is 5.92 Å². The lowest BCUT2D eigenvalue weighted by Gasteiger charge is -2.31. The van der Waals surface area contributed by atoms with Gasteiger partial charge < -0.3 is 10.1 Å². The summed E-state index contributed by atoms with van der Waals surface area (Å²) in [6, 6.07) is 4.77. The molecule has 1 N–H and O–H groups in total. The lowest BCUT2D eigenvalue weighted by Crippen LogP contribution is -2.41. The van der Waals surface area contributed by atoms with Crippen molar-refractivity contribution in [3.05, 3.63) is 30.1 Å². The van der Waals surface area contributed by atoms with Crippen molar-refractivity contribution in [2.45, 2.75) is 45.1 Å². The first-order valence-corrected chi connectivity index (χ1v) is 7.60. The van der Waals surface area contributed by atoms with Crippen LogP contribution < -0.4 is 5.32 Å². The zero-order chi connectivity index (χ0) is 13.3. The number of rotatable bonds is 7. The number of pyridine rings is 1. The maximum absolute atomic E-state index is 5.64. The van der Waals surface area contributed by atoms with Gasteiger partial charge in [-0.3, -0.25) is 4.98 Å². The lowest BCUT2D eigenvalue weighted by atomic mass is 9.89. The average Bonchev–Trinajstić information content (AvgIpc) is 2.49. The molecule has 1 fully saturated rings. The highest BCUT2D eigenvalue weighted by Crippen LogP contribution is 2.21. The molecule has 2 heterocycles. The molecule has 0 amide bonds. The Kier molecular flexibility index (Phi) is 6.31. The molecule has 1 aliphatic rings. The number of nitrogens with zero attached hydrogens (tertiary/aromatic N) is 1. The van der Waals surface area contributed by atoms with Crippen molar-refractivity contribution in [1.29, 1.82) is 0 Å². The third-order valence-electron chi connectivity index (χ3n) is 3.89. The molecule has 1 saturated heterocycles. The van der Waals surface area contributed by atoms with Crippen LogP contribution in [0.25, 0.3) is 0 Å². The maximum atomic E-state index is 5.64. The first-order chi connectivity index (χ1) is 9.40. The number of aryl methyl sites for hydroxylation is 1. The van der Waals surface area contributed by atoms with Gasteiger partial charge in [0.1, 0.15) is 0 Å². The van der Waals surface area contributed by atoms with E-state index >= 15 is 0 Å². The predicted octanol–water partition coefficient (Wildman–Crippen LogP) is 2.81. The van der Waals surface area contributed by atoms with Gasteiger partial charge in [0.25, 0.3) is 0 Å². The summed E-state index contributed by atoms with van der Waals surface area (Å²) in [7, 11) is 0. The van der Waals surface area contributed by atoms with Crippen LogP contribution in [0.1, 0.15) is 38.2 Å². The summed E-state index contributed by atoms with van der Waals surface area (Å²) in [5.41, 5.74) is 1.34. The molecule has 0 aromatic carbocycles. The maximum Gasteiger partial charge on any atom is 0.0509 e. The Labute approximate surface area is 116 Å². The molecule has 2 rings (SSSR count). The van der Waals surface area contributed by atoms with Crippen LogP contribution >= 0.6 is 0 Å². The van der Waals surface area contributed by atoms with E-state index in [0.29, 0.717) is 12.0 Å². The quantitative estimate of drug-likeness (QED) is 0.820. The van der Waals surface area contributed by atoms with E-state index in [1.54, 1.807) is 0 Å². The van der Waals surface area contributed by atoms with Gasteiger partial charge in [0.2, 0.25) is 0 Å². The van der Waals surface area contributed by atoms with Crippen LogP contribution in [0.3, 0.4) is 0 Å². The first-order valence-electron chi connectivity index (χ1n) is 7.60. The highest BCUT2D eigenvalue weighted by Gasteiger charge is 2.23. The molecule has 3 nitrogen and oxygen atoms in total. The van der Waals surface area contributed by atoms with Gasteiger partial charge in [0, 0.05) is 25.0 Å². The predicted molar refractivity (Wildman–Crippen MR) is 78.2 cm³/mol. The fourth-order valence-electron chi connectivity index (χ4n) is 2.79. The Balaban J connectivity index is 1.85. The van der Waals surface area contributed by atoms with Gasteiger partial charge in [-0.2, -0.15) is 0 Å². The topological polar surface area (TPSA) is 34.2 Å². The van der Waals surface area contributed by atoms with Crippen LogP contribution in [0.4, 0.5) is 0 Å². The molecule has 1 aromatic heterocycles. The molecule has 0 radical (unpaired) electrons. The highest BCUT2D eigenvalue weighted by molar-refractivity contribution is 5.08. The molecule has 106 valence electrons. The van der Waals surface area contributed by atoms with Crippen LogP contribution in [0.15, 0.2) is 24.5 Å². The number of hydrogen-bond donors (Lipinski definition) is 1. The van der Waals surface area contributed by atoms with Crippen LogP contribution in [-0.4, -0.2) is 30.8 Å². The number of ether oxygens (including phenoxy) is 1. The van der Waals surface area contributed by atoms with E-state index in [9.17, 15) is 0 Å². The lowest BCUT2D eigenvalue weighted by molar-refractivity contribution is 0.0380. The molecule has 2 atom stereocenters. The van der Waals surface area contributed by atoms with Gasteiger partial charge >= 0.3 is 0 Å². The Morgan fingerprint density at radius 1 is 1.53 bits per heavy atom. The zero-order valence-electron chi connectivity index (χ0n) is 12.0. The summed E-state index contributed by atoms with van der Waals surface area (Å²) in [5.74, 6) is 0.678. The summed E-state index contributed by atoms with van der Waals surface area (Å²) in [6.07, 6.45) is 9.80. The Hall–Kier alpha value is -0.930. The van der Waals surface area contributed by atoms with E-state index in [1.807, 2.05) is 18.5 Å². The minimum atomic E-state index is 0.584. The third kappa shape index (κ3) is 4.92. The minimum absolute atomic E-state index is 0.584. The van der Waals surface area contributed by atoms with Crippen molar-refractivity contribution in [2.75, 3.05) is 19.8 Å². The summed E-state index contributed by atoms with van der Waals surface area (Å²) in [4.78, 5) is 4.19. The smallest absolute Gasteiger partial charge is 0.0509 e. The molecular weight excluding hydrogens is 236 g/mol. The van der Waals surface area contributed by atoms with Gasteiger partial charge in [-0.15, -0.1) is 0 Å². The largest absolute Gasteiger partial charge is 0.381 e. The van der Waals surface area contributed by atoms with Crippen molar-refractivity contribution >= 4 is 0 Å². The molecular formula is C16H26N2O. The van der Waals surface area contributed by atoms with Crippen LogP contribution in [0.5, 0.6) is 0 Å². The molecule has 0 bridgehead atoms. The second-order valence-corrected chi connectivity index (χ2v) is 5.44. The molecule has 2 unspecified atom stereocenters. The van der Waals surface area contributed by atoms with Gasteiger partial charge in [-0.05, 0) is 56.2 Å². The number of nitrogens with one attached hydrogen (secondary N) is 1. The summed E-state index contributed by atoms with van der Waals surface area (Å²) >= 11 is 0. The third-order valence-corrected chi connectivity index (χ3v) is 3.89. The fraction of sp³-hybridized carbons (Fsp3) is 0.688. The van der Waals surface area contributed by atoms with Crippen molar-refractivity contribution < 1.29 is 4.74 Å². The molecule has 3 heteroatoms. The molecule has 1 aliphatic heterocycles. The number of hydrogen-bond acceptors (Lipinski definition) is 3. The van der Waals surface area contributed by atoms with E-state index in [1.165, 1.54) is 31.2 Å². The SMILES string of the molecule is CCCNC(CCc1cccnc1)C1CCCOC1. The van der Waals surface area contributed by atoms with E-state index in [2.05, 4.69) is 23.3 Å². The van der Waals surface area contributed by atoms with E-state index in [-0.39, 0.29) is 0 Å². The number of aromatic nitrogens is 1. The van der Waals surface area contributed by atoms with Gasteiger partial charge in [0.15, 0.2) is 0 Å². The Morgan fingerprint density at radius 3 is 3.16 bits per heavy atom. The average molecular weight is 262 g/mol. The first kappa shape index (κ1) is 14.5. The van der Waals surface area contributed by atoms with E-state index in [0.717, 1.165) is 26.2 Å². The Bertz CT molecular complexity index is 336. The van der Waals surface area contributed by atoms with E-state index < -0.39 is 0 Å². The molecule has 1 aromatic rings. The Morgan fingerprint density at radius 2 is 2.47 bits per heavy atom. The van der Waals surface area contributed by atoms with E-state index in [4.69, 9.17) is 4.74 Å². The molecule has 0 saturated carbocycles. The normalized spacial score (nSPS) is 21.2. The summed E-state index contributed by atoms with van der Waals surface area (Å²) < 4.78 is 5.64. The van der Waals surface area contributed by atoms with Gasteiger partial charge in [-0.25, -0.2) is 0 Å². The van der Waals surface area contributed by atoms with Gasteiger partial charge in [-0.1, -0.05) is 13.0 Å². The van der Waals surface area contributed by atoms with Crippen molar-refractivity contribution in [1.82, 2.24) is 10.3 Å². The monoisotopic (exact) mass is 262 g/mol. The minimum Gasteiger partial charge on any atom is -0.381 e. The second kappa shape index (κ2) is 8.28. The molecule has 0 aliphatic carbocycles. The fourth-order valence-corrected chi connectivity index (χ4v) is 2.79.